The monoisotopic (exact) mass is 440 g/mol. The molecular weight excluding hydrogens is 411 g/mol. The molecule has 2 aromatic carbocycles. The van der Waals surface area contributed by atoms with Gasteiger partial charge < -0.3 is 9.31 Å². The number of benzene rings is 2. The van der Waals surface area contributed by atoms with Crippen LogP contribution in [0.5, 0.6) is 0 Å². The number of aromatic nitrogens is 1. The number of pyridine rings is 1. The van der Waals surface area contributed by atoms with E-state index in [0.717, 1.165) is 39.9 Å². The summed E-state index contributed by atoms with van der Waals surface area (Å²) in [5.41, 5.74) is 6.37. The van der Waals surface area contributed by atoms with E-state index in [9.17, 15) is 4.79 Å². The third kappa shape index (κ3) is 3.67. The van der Waals surface area contributed by atoms with Crippen LogP contribution in [0.3, 0.4) is 0 Å². The van der Waals surface area contributed by atoms with Gasteiger partial charge in [-0.05, 0) is 74.6 Å². The fourth-order valence-electron chi connectivity index (χ4n) is 4.54. The molecule has 0 saturated carbocycles. The van der Waals surface area contributed by atoms with E-state index in [0.29, 0.717) is 6.42 Å². The summed E-state index contributed by atoms with van der Waals surface area (Å²) in [5.74, 6) is 0.114. The second-order valence-corrected chi connectivity index (χ2v) is 9.82. The molecule has 1 amide bonds. The number of aryl methyl sites for hydroxylation is 1. The van der Waals surface area contributed by atoms with Gasteiger partial charge in [-0.1, -0.05) is 37.3 Å². The summed E-state index contributed by atoms with van der Waals surface area (Å²) in [6.07, 6.45) is 5.02. The minimum Gasteiger partial charge on any atom is -0.399 e. The maximum Gasteiger partial charge on any atom is 0.496 e. The average Bonchev–Trinajstić information content (AvgIpc) is 3.25. The van der Waals surface area contributed by atoms with E-state index in [2.05, 4.69) is 24.0 Å². The van der Waals surface area contributed by atoms with E-state index >= 15 is 0 Å². The largest absolute Gasteiger partial charge is 0.496 e. The Labute approximate surface area is 195 Å². The molecule has 3 aromatic rings. The van der Waals surface area contributed by atoms with Crippen LogP contribution in [0, 0.1) is 0 Å². The number of anilines is 2. The van der Waals surface area contributed by atoms with E-state index in [1.165, 1.54) is 5.56 Å². The number of carbonyl (C=O) groups excluding carboxylic acids is 1. The third-order valence-electron chi connectivity index (χ3n) is 7.19. The molecule has 2 aliphatic rings. The molecule has 2 aliphatic heterocycles. The lowest BCUT2D eigenvalue weighted by atomic mass is 9.79. The van der Waals surface area contributed by atoms with E-state index in [4.69, 9.17) is 9.31 Å². The van der Waals surface area contributed by atoms with Gasteiger partial charge in [0.2, 0.25) is 5.91 Å². The van der Waals surface area contributed by atoms with Crippen molar-refractivity contribution in [2.75, 3.05) is 4.90 Å². The number of carbonyl (C=O) groups is 1. The zero-order valence-corrected chi connectivity index (χ0v) is 19.9. The maximum absolute atomic E-state index is 12.8. The van der Waals surface area contributed by atoms with Gasteiger partial charge in [0.1, 0.15) is 0 Å². The minimum absolute atomic E-state index is 0.114. The van der Waals surface area contributed by atoms with E-state index in [1.807, 2.05) is 75.2 Å². The van der Waals surface area contributed by atoms with Crippen molar-refractivity contribution >= 4 is 29.9 Å². The zero-order chi connectivity index (χ0) is 23.4. The van der Waals surface area contributed by atoms with Gasteiger partial charge >= 0.3 is 7.12 Å². The normalized spacial score (nSPS) is 18.6. The van der Waals surface area contributed by atoms with Crippen molar-refractivity contribution < 1.29 is 14.1 Å². The highest BCUT2D eigenvalue weighted by Crippen LogP contribution is 2.39. The van der Waals surface area contributed by atoms with Crippen molar-refractivity contribution in [3.05, 3.63) is 72.1 Å². The second-order valence-electron chi connectivity index (χ2n) is 9.82. The Kier molecular flexibility index (Phi) is 5.18. The molecule has 0 atom stereocenters. The van der Waals surface area contributed by atoms with Gasteiger partial charge in [0.05, 0.1) is 23.3 Å². The molecule has 33 heavy (non-hydrogen) atoms. The molecule has 0 unspecified atom stereocenters. The topological polar surface area (TPSA) is 51.7 Å². The number of amides is 1. The standard InChI is InChI=1S/C27H29BN2O3/c1-6-18-8-7-9-24-23(18)15-25(31)30(24)22-12-10-19(11-13-22)20-14-21(17-29-16-20)28-32-26(2,3)27(4,5)33-28/h7-14,16-17H,6,15H2,1-5H3. The van der Waals surface area contributed by atoms with E-state index < -0.39 is 18.3 Å². The van der Waals surface area contributed by atoms with Crippen LogP contribution in [0.4, 0.5) is 11.4 Å². The molecule has 1 saturated heterocycles. The van der Waals surface area contributed by atoms with Gasteiger partial charge in [0.15, 0.2) is 0 Å². The Morgan fingerprint density at radius 3 is 2.33 bits per heavy atom. The predicted octanol–water partition coefficient (Wildman–Crippen LogP) is 4.83. The van der Waals surface area contributed by atoms with E-state index in [1.54, 1.807) is 6.20 Å². The van der Waals surface area contributed by atoms with Crippen molar-refractivity contribution in [1.82, 2.24) is 4.98 Å². The summed E-state index contributed by atoms with van der Waals surface area (Å²) < 4.78 is 12.4. The first-order valence-electron chi connectivity index (χ1n) is 11.5. The highest BCUT2D eigenvalue weighted by atomic mass is 16.7. The summed E-state index contributed by atoms with van der Waals surface area (Å²) in [6.45, 7) is 10.3. The van der Waals surface area contributed by atoms with Crippen LogP contribution in [0.25, 0.3) is 11.1 Å². The highest BCUT2D eigenvalue weighted by Gasteiger charge is 2.51. The Balaban J connectivity index is 1.42. The van der Waals surface area contributed by atoms with Crippen LogP contribution in [0.15, 0.2) is 60.9 Å². The minimum atomic E-state index is -0.451. The first kappa shape index (κ1) is 21.9. The summed E-state index contributed by atoms with van der Waals surface area (Å²) in [7, 11) is -0.451. The molecule has 1 aromatic heterocycles. The highest BCUT2D eigenvalue weighted by molar-refractivity contribution is 6.62. The van der Waals surface area contributed by atoms with Gasteiger partial charge in [-0.25, -0.2) is 0 Å². The average molecular weight is 440 g/mol. The number of nitrogens with zero attached hydrogens (tertiary/aromatic N) is 2. The molecule has 1 fully saturated rings. The molecule has 0 bridgehead atoms. The summed E-state index contributed by atoms with van der Waals surface area (Å²) >= 11 is 0. The van der Waals surface area contributed by atoms with Crippen molar-refractivity contribution in [3.63, 3.8) is 0 Å². The SMILES string of the molecule is CCc1cccc2c1CC(=O)N2c1ccc(-c2cncc(B3OC(C)(C)C(C)(C)O3)c2)cc1. The molecule has 0 radical (unpaired) electrons. The predicted molar refractivity (Wildman–Crippen MR) is 132 cm³/mol. The lowest BCUT2D eigenvalue weighted by molar-refractivity contribution is -0.116. The molecular formula is C27H29BN2O3. The number of hydrogen-bond donors (Lipinski definition) is 0. The molecule has 6 heteroatoms. The first-order valence-corrected chi connectivity index (χ1v) is 11.5. The molecule has 168 valence electrons. The Hall–Kier alpha value is -2.96. The van der Waals surface area contributed by atoms with Gasteiger partial charge in [-0.2, -0.15) is 0 Å². The van der Waals surface area contributed by atoms with Gasteiger partial charge in [0, 0.05) is 23.5 Å². The van der Waals surface area contributed by atoms with Crippen LogP contribution in [-0.2, 0) is 26.9 Å². The molecule has 3 heterocycles. The first-order chi connectivity index (χ1) is 15.7. The Morgan fingerprint density at radius 2 is 1.67 bits per heavy atom. The fraction of sp³-hybridized carbons (Fsp3) is 0.333. The maximum atomic E-state index is 12.8. The number of fused-ring (bicyclic) bond motifs is 1. The van der Waals surface area contributed by atoms with Crippen molar-refractivity contribution in [2.24, 2.45) is 0 Å². The van der Waals surface area contributed by atoms with Gasteiger partial charge in [-0.3, -0.25) is 14.7 Å². The lowest BCUT2D eigenvalue weighted by Gasteiger charge is -2.32. The Bertz CT molecular complexity index is 1200. The van der Waals surface area contributed by atoms with Crippen LogP contribution >= 0.6 is 0 Å². The molecule has 0 N–H and O–H groups in total. The Morgan fingerprint density at radius 1 is 0.970 bits per heavy atom. The van der Waals surface area contributed by atoms with Crippen molar-refractivity contribution in [3.8, 4) is 11.1 Å². The molecule has 5 rings (SSSR count). The van der Waals surface area contributed by atoms with Gasteiger partial charge in [0.25, 0.3) is 0 Å². The molecule has 0 spiro atoms. The summed E-state index contributed by atoms with van der Waals surface area (Å²) in [6, 6.07) is 16.3. The van der Waals surface area contributed by atoms with Crippen LogP contribution in [0.2, 0.25) is 0 Å². The van der Waals surface area contributed by atoms with Crippen molar-refractivity contribution in [1.29, 1.82) is 0 Å². The van der Waals surface area contributed by atoms with Crippen molar-refractivity contribution in [2.45, 2.75) is 58.7 Å². The van der Waals surface area contributed by atoms with Crippen LogP contribution in [0.1, 0.15) is 45.7 Å². The molecule has 0 aliphatic carbocycles. The lowest BCUT2D eigenvalue weighted by Crippen LogP contribution is -2.41. The summed E-state index contributed by atoms with van der Waals surface area (Å²) in [4.78, 5) is 19.1. The van der Waals surface area contributed by atoms with Crippen LogP contribution in [-0.4, -0.2) is 29.2 Å². The third-order valence-corrected chi connectivity index (χ3v) is 7.19. The quantitative estimate of drug-likeness (QED) is 0.546. The van der Waals surface area contributed by atoms with E-state index in [-0.39, 0.29) is 5.91 Å². The molecule has 5 nitrogen and oxygen atoms in total. The van der Waals surface area contributed by atoms with Crippen LogP contribution < -0.4 is 10.4 Å². The number of hydrogen-bond acceptors (Lipinski definition) is 4. The van der Waals surface area contributed by atoms with Gasteiger partial charge in [-0.15, -0.1) is 0 Å². The summed E-state index contributed by atoms with van der Waals surface area (Å²) in [5, 5.41) is 0. The smallest absolute Gasteiger partial charge is 0.399 e. The number of rotatable bonds is 4. The zero-order valence-electron chi connectivity index (χ0n) is 19.9. The fourth-order valence-corrected chi connectivity index (χ4v) is 4.54. The second kappa shape index (κ2) is 7.82.